The monoisotopic (exact) mass is 383 g/mol. The van der Waals surface area contributed by atoms with Crippen molar-refractivity contribution in [3.8, 4) is 5.75 Å². The highest BCUT2D eigenvalue weighted by atomic mass is 79.9. The average Bonchev–Trinajstić information content (AvgIpc) is 2.39. The lowest BCUT2D eigenvalue weighted by molar-refractivity contribution is -0.133. The van der Waals surface area contributed by atoms with Crippen LogP contribution in [0.2, 0.25) is 0 Å². The molecular formula is C15H14BrNO4S. The number of benzene rings is 2. The number of hydrogen-bond donors (Lipinski definition) is 1. The maximum absolute atomic E-state index is 11.9. The predicted octanol–water partition coefficient (Wildman–Crippen LogP) is 2.97. The summed E-state index contributed by atoms with van der Waals surface area (Å²) in [4.78, 5) is 11.9. The lowest BCUT2D eigenvalue weighted by Gasteiger charge is -2.07. The minimum absolute atomic E-state index is 0.156. The van der Waals surface area contributed by atoms with Crippen LogP contribution in [0.4, 0.5) is 5.69 Å². The number of halogens is 1. The molecule has 0 saturated carbocycles. The first-order valence-corrected chi connectivity index (χ1v) is 9.03. The minimum atomic E-state index is -3.32. The molecule has 0 aromatic heterocycles. The van der Waals surface area contributed by atoms with Crippen LogP contribution < -0.4 is 9.46 Å². The minimum Gasteiger partial charge on any atom is -0.426 e. The van der Waals surface area contributed by atoms with Crippen LogP contribution in [-0.4, -0.2) is 20.6 Å². The average molecular weight is 384 g/mol. The number of carbonyl (C=O) groups is 1. The van der Waals surface area contributed by atoms with Gasteiger partial charge in [-0.25, -0.2) is 8.42 Å². The van der Waals surface area contributed by atoms with Crippen LogP contribution in [0.15, 0.2) is 53.0 Å². The Labute approximate surface area is 137 Å². The van der Waals surface area contributed by atoms with Crippen LogP contribution in [0.3, 0.4) is 0 Å². The topological polar surface area (TPSA) is 72.5 Å². The molecule has 116 valence electrons. The van der Waals surface area contributed by atoms with Gasteiger partial charge >= 0.3 is 5.97 Å². The first kappa shape index (κ1) is 16.5. The summed E-state index contributed by atoms with van der Waals surface area (Å²) in [5, 5.41) is 0. The van der Waals surface area contributed by atoms with Crippen molar-refractivity contribution in [1.29, 1.82) is 0 Å². The van der Waals surface area contributed by atoms with Gasteiger partial charge in [-0.1, -0.05) is 28.1 Å². The third-order valence-electron chi connectivity index (χ3n) is 2.63. The molecule has 5 nitrogen and oxygen atoms in total. The Morgan fingerprint density at radius 1 is 1.18 bits per heavy atom. The van der Waals surface area contributed by atoms with Crippen molar-refractivity contribution in [2.75, 3.05) is 11.0 Å². The molecular weight excluding hydrogens is 370 g/mol. The van der Waals surface area contributed by atoms with Crippen molar-refractivity contribution < 1.29 is 17.9 Å². The van der Waals surface area contributed by atoms with E-state index >= 15 is 0 Å². The van der Waals surface area contributed by atoms with Crippen LogP contribution in [0.5, 0.6) is 5.75 Å². The highest BCUT2D eigenvalue weighted by Crippen LogP contribution is 2.18. The molecule has 0 saturated heterocycles. The summed E-state index contributed by atoms with van der Waals surface area (Å²) < 4.78 is 30.6. The van der Waals surface area contributed by atoms with Crippen LogP contribution in [0.1, 0.15) is 5.56 Å². The summed E-state index contributed by atoms with van der Waals surface area (Å²) in [6.07, 6.45) is 1.22. The van der Waals surface area contributed by atoms with Gasteiger partial charge in [-0.2, -0.15) is 0 Å². The number of hydrogen-bond acceptors (Lipinski definition) is 4. The Balaban J connectivity index is 1.97. The molecule has 1 N–H and O–H groups in total. The third kappa shape index (κ3) is 5.50. The van der Waals surface area contributed by atoms with Gasteiger partial charge in [-0.15, -0.1) is 0 Å². The zero-order valence-corrected chi connectivity index (χ0v) is 14.1. The molecule has 0 radical (unpaired) electrons. The fourth-order valence-corrected chi connectivity index (χ4v) is 2.80. The summed E-state index contributed by atoms with van der Waals surface area (Å²) in [6.45, 7) is 0. The van der Waals surface area contributed by atoms with Gasteiger partial charge in [0.05, 0.1) is 12.7 Å². The Morgan fingerprint density at radius 2 is 1.86 bits per heavy atom. The van der Waals surface area contributed by atoms with Crippen molar-refractivity contribution in [3.63, 3.8) is 0 Å². The second-order valence-corrected chi connectivity index (χ2v) is 7.34. The number of esters is 1. The van der Waals surface area contributed by atoms with E-state index in [1.807, 2.05) is 24.3 Å². The molecule has 0 atom stereocenters. The summed E-state index contributed by atoms with van der Waals surface area (Å²) in [7, 11) is -3.32. The van der Waals surface area contributed by atoms with Gasteiger partial charge in [0.15, 0.2) is 0 Å². The van der Waals surface area contributed by atoms with Crippen LogP contribution in [-0.2, 0) is 21.2 Å². The molecule has 22 heavy (non-hydrogen) atoms. The van der Waals surface area contributed by atoms with E-state index in [9.17, 15) is 13.2 Å². The second-order valence-electron chi connectivity index (χ2n) is 4.68. The molecule has 0 aliphatic carbocycles. The lowest BCUT2D eigenvalue weighted by Crippen LogP contribution is -2.12. The van der Waals surface area contributed by atoms with Crippen molar-refractivity contribution in [3.05, 3.63) is 58.6 Å². The molecule has 2 rings (SSSR count). The highest BCUT2D eigenvalue weighted by molar-refractivity contribution is 9.10. The van der Waals surface area contributed by atoms with Gasteiger partial charge in [0.2, 0.25) is 10.0 Å². The third-order valence-corrected chi connectivity index (χ3v) is 3.73. The van der Waals surface area contributed by atoms with Crippen LogP contribution >= 0.6 is 15.9 Å². The molecule has 0 amide bonds. The fraction of sp³-hybridized carbons (Fsp3) is 0.133. The Morgan fingerprint density at radius 3 is 2.45 bits per heavy atom. The molecule has 0 aliphatic heterocycles. The van der Waals surface area contributed by atoms with E-state index in [-0.39, 0.29) is 12.4 Å². The lowest BCUT2D eigenvalue weighted by atomic mass is 10.1. The van der Waals surface area contributed by atoms with Crippen LogP contribution in [0.25, 0.3) is 0 Å². The summed E-state index contributed by atoms with van der Waals surface area (Å²) in [5.41, 5.74) is 1.25. The van der Waals surface area contributed by atoms with E-state index in [0.29, 0.717) is 11.4 Å². The van der Waals surface area contributed by atoms with E-state index in [0.717, 1.165) is 16.3 Å². The maximum Gasteiger partial charge on any atom is 0.315 e. The van der Waals surface area contributed by atoms with Crippen molar-refractivity contribution in [1.82, 2.24) is 0 Å². The molecule has 0 bridgehead atoms. The first-order chi connectivity index (χ1) is 10.3. The molecule has 0 heterocycles. The zero-order valence-electron chi connectivity index (χ0n) is 11.7. The van der Waals surface area contributed by atoms with E-state index in [1.54, 1.807) is 0 Å². The van der Waals surface area contributed by atoms with Gasteiger partial charge in [0, 0.05) is 10.2 Å². The van der Waals surface area contributed by atoms with E-state index in [1.165, 1.54) is 24.3 Å². The van der Waals surface area contributed by atoms with Gasteiger partial charge in [-0.05, 0) is 42.0 Å². The molecule has 0 aliphatic rings. The van der Waals surface area contributed by atoms with Gasteiger partial charge in [0.25, 0.3) is 0 Å². The number of nitrogens with one attached hydrogen (secondary N) is 1. The Bertz CT molecular complexity index is 772. The van der Waals surface area contributed by atoms with Gasteiger partial charge < -0.3 is 4.74 Å². The smallest absolute Gasteiger partial charge is 0.315 e. The van der Waals surface area contributed by atoms with Crippen LogP contribution in [0, 0.1) is 0 Å². The molecule has 0 unspecified atom stereocenters. The first-order valence-electron chi connectivity index (χ1n) is 6.35. The second kappa shape index (κ2) is 6.93. The van der Waals surface area contributed by atoms with Gasteiger partial charge in [-0.3, -0.25) is 9.52 Å². The van der Waals surface area contributed by atoms with E-state index in [2.05, 4.69) is 20.7 Å². The Kier molecular flexibility index (Phi) is 5.20. The number of rotatable bonds is 5. The zero-order chi connectivity index (χ0) is 16.2. The molecule has 0 fully saturated rings. The predicted molar refractivity (Wildman–Crippen MR) is 88.4 cm³/mol. The molecule has 7 heteroatoms. The number of carbonyl (C=O) groups excluding carboxylic acids is 1. The van der Waals surface area contributed by atoms with Crippen molar-refractivity contribution in [2.45, 2.75) is 6.42 Å². The number of sulfonamides is 1. The molecule has 2 aromatic rings. The quantitative estimate of drug-likeness (QED) is 0.636. The molecule has 2 aromatic carbocycles. The summed E-state index contributed by atoms with van der Waals surface area (Å²) in [6, 6.07) is 13.5. The number of ether oxygens (including phenoxy) is 1. The fourth-order valence-electron chi connectivity index (χ4n) is 1.79. The number of anilines is 1. The highest BCUT2D eigenvalue weighted by Gasteiger charge is 2.08. The summed E-state index contributed by atoms with van der Waals surface area (Å²) in [5.74, 6) is -0.0269. The van der Waals surface area contributed by atoms with E-state index in [4.69, 9.17) is 4.74 Å². The largest absolute Gasteiger partial charge is 0.426 e. The SMILES string of the molecule is CS(=O)(=O)Nc1ccc(OC(=O)Cc2cccc(Br)c2)cc1. The van der Waals surface area contributed by atoms with E-state index < -0.39 is 10.0 Å². The molecule has 0 spiro atoms. The Hall–Kier alpha value is -1.86. The standard InChI is InChI=1S/C15H14BrNO4S/c1-22(19,20)17-13-5-7-14(8-6-13)21-15(18)10-11-3-2-4-12(16)9-11/h2-9,17H,10H2,1H3. The van der Waals surface area contributed by atoms with Crippen molar-refractivity contribution in [2.24, 2.45) is 0 Å². The van der Waals surface area contributed by atoms with Gasteiger partial charge in [0.1, 0.15) is 5.75 Å². The van der Waals surface area contributed by atoms with Crippen molar-refractivity contribution >= 4 is 37.6 Å². The maximum atomic E-state index is 11.9. The normalized spacial score (nSPS) is 11.0. The summed E-state index contributed by atoms with van der Waals surface area (Å²) >= 11 is 3.34.